The van der Waals surface area contributed by atoms with E-state index in [-0.39, 0.29) is 40.1 Å². The molecule has 1 aromatic heterocycles. The van der Waals surface area contributed by atoms with Crippen molar-refractivity contribution in [2.45, 2.75) is 29.7 Å². The number of nitrogens with zero attached hydrogens (tertiary/aromatic N) is 2. The number of H-pyrrole nitrogens is 1. The zero-order valence-corrected chi connectivity index (χ0v) is 20.5. The monoisotopic (exact) mass is 577 g/mol. The molecule has 5 N–H and O–H groups in total. The summed E-state index contributed by atoms with van der Waals surface area (Å²) in [6.07, 6.45) is -2.87. The predicted molar refractivity (Wildman–Crippen MR) is 125 cm³/mol. The van der Waals surface area contributed by atoms with Gasteiger partial charge in [0.25, 0.3) is 12.0 Å². The van der Waals surface area contributed by atoms with Gasteiger partial charge in [-0.1, -0.05) is 23.2 Å². The van der Waals surface area contributed by atoms with Crippen molar-refractivity contribution in [3.63, 3.8) is 0 Å². The molecule has 12 nitrogen and oxygen atoms in total. The largest absolute Gasteiger partial charge is 0.507 e. The number of rotatable bonds is 8. The molecule has 1 saturated carbocycles. The molecule has 0 saturated heterocycles. The Kier molecular flexibility index (Phi) is 6.74. The lowest BCUT2D eigenvalue weighted by atomic mass is 10.3. The Labute approximate surface area is 215 Å². The number of phenolic OH excluding ortho intramolecular Hbond substituents is 1. The van der Waals surface area contributed by atoms with E-state index in [1.807, 2.05) is 0 Å². The van der Waals surface area contributed by atoms with E-state index in [1.165, 1.54) is 6.07 Å². The van der Waals surface area contributed by atoms with E-state index < -0.39 is 55.5 Å². The second kappa shape index (κ2) is 9.41. The maximum atomic E-state index is 13.0. The van der Waals surface area contributed by atoms with Gasteiger partial charge in [-0.15, -0.1) is 0 Å². The first-order valence-electron chi connectivity index (χ1n) is 10.1. The topological polar surface area (TPSA) is 186 Å². The lowest BCUT2D eigenvalue weighted by Gasteiger charge is -2.16. The minimum absolute atomic E-state index is 0.155. The highest BCUT2D eigenvalue weighted by Gasteiger charge is 2.52. The number of aromatic nitrogens is 3. The van der Waals surface area contributed by atoms with Crippen LogP contribution in [0.5, 0.6) is 17.2 Å². The average Bonchev–Trinajstić information content (AvgIpc) is 3.57. The Morgan fingerprint density at radius 1 is 1.22 bits per heavy atom. The highest BCUT2D eigenvalue weighted by Crippen LogP contribution is 2.41. The number of halogens is 4. The molecular formula is C20H15Cl2F2N5O7S. The SMILES string of the molecule is NC(=O)C1(NS(=O)(=O)c2cc(Oc3c(Cl)cc(-n4nc(C(F)F)c(=O)[nH]c4=O)cc3Cl)ccc2O)CC1. The van der Waals surface area contributed by atoms with E-state index in [0.717, 1.165) is 24.3 Å². The Balaban J connectivity index is 1.68. The first-order chi connectivity index (χ1) is 17.2. The number of nitrogens with two attached hydrogens (primary N) is 1. The Morgan fingerprint density at radius 2 is 1.84 bits per heavy atom. The van der Waals surface area contributed by atoms with Gasteiger partial charge in [0.15, 0.2) is 11.4 Å². The molecule has 1 aliphatic rings. The summed E-state index contributed by atoms with van der Waals surface area (Å²) in [5.41, 5.74) is -0.0803. The van der Waals surface area contributed by atoms with Gasteiger partial charge in [-0.25, -0.2) is 22.0 Å². The number of carbonyl (C=O) groups is 1. The second-order valence-corrected chi connectivity index (χ2v) is 10.3. The number of hydrogen-bond donors (Lipinski definition) is 4. The molecule has 17 heteroatoms. The number of benzene rings is 2. The molecule has 1 amide bonds. The summed E-state index contributed by atoms with van der Waals surface area (Å²) < 4.78 is 59.8. The molecule has 0 atom stereocenters. The number of hydrogen-bond acceptors (Lipinski definition) is 8. The Morgan fingerprint density at radius 3 is 2.38 bits per heavy atom. The van der Waals surface area contributed by atoms with Crippen LogP contribution >= 0.6 is 23.2 Å². The number of phenols is 1. The van der Waals surface area contributed by atoms with Crippen LogP contribution in [0.4, 0.5) is 8.78 Å². The van der Waals surface area contributed by atoms with E-state index in [0.29, 0.717) is 4.68 Å². The van der Waals surface area contributed by atoms with Crippen LogP contribution in [-0.4, -0.2) is 39.7 Å². The predicted octanol–water partition coefficient (Wildman–Crippen LogP) is 1.96. The van der Waals surface area contributed by atoms with Gasteiger partial charge in [0.05, 0.1) is 15.7 Å². The third kappa shape index (κ3) is 5.16. The van der Waals surface area contributed by atoms with Gasteiger partial charge in [-0.05, 0) is 37.1 Å². The fourth-order valence-corrected chi connectivity index (χ4v) is 5.32. The first kappa shape index (κ1) is 26.5. The van der Waals surface area contributed by atoms with Crippen molar-refractivity contribution in [2.24, 2.45) is 5.73 Å². The fraction of sp³-hybridized carbons (Fsp3) is 0.200. The summed E-state index contributed by atoms with van der Waals surface area (Å²) in [5.74, 6) is -1.89. The molecule has 0 unspecified atom stereocenters. The van der Waals surface area contributed by atoms with E-state index in [4.69, 9.17) is 33.7 Å². The van der Waals surface area contributed by atoms with Crippen molar-refractivity contribution < 1.29 is 31.8 Å². The van der Waals surface area contributed by atoms with Crippen LogP contribution in [0.1, 0.15) is 25.0 Å². The number of ether oxygens (including phenoxy) is 1. The molecule has 37 heavy (non-hydrogen) atoms. The van der Waals surface area contributed by atoms with Crippen molar-refractivity contribution in [1.29, 1.82) is 0 Å². The van der Waals surface area contributed by atoms with E-state index in [2.05, 4.69) is 9.82 Å². The molecule has 0 radical (unpaired) electrons. The smallest absolute Gasteiger partial charge is 0.349 e. The molecule has 0 aliphatic heterocycles. The molecule has 1 aliphatic carbocycles. The molecule has 4 rings (SSSR count). The number of amides is 1. The summed E-state index contributed by atoms with van der Waals surface area (Å²) in [6, 6.07) is 5.30. The molecule has 0 spiro atoms. The number of nitrogens with one attached hydrogen (secondary N) is 2. The number of primary amides is 1. The third-order valence-electron chi connectivity index (χ3n) is 5.28. The minimum Gasteiger partial charge on any atom is -0.507 e. The molecule has 2 aromatic carbocycles. The van der Waals surface area contributed by atoms with Crippen LogP contribution in [0, 0.1) is 0 Å². The van der Waals surface area contributed by atoms with Gasteiger partial charge in [0.1, 0.15) is 21.9 Å². The Hall–Kier alpha value is -3.53. The van der Waals surface area contributed by atoms with Gasteiger partial charge < -0.3 is 15.6 Å². The maximum Gasteiger partial charge on any atom is 0.349 e. The molecule has 196 valence electrons. The highest BCUT2D eigenvalue weighted by molar-refractivity contribution is 7.89. The summed E-state index contributed by atoms with van der Waals surface area (Å²) in [4.78, 5) is 36.3. The van der Waals surface area contributed by atoms with Crippen molar-refractivity contribution in [3.8, 4) is 22.9 Å². The van der Waals surface area contributed by atoms with E-state index >= 15 is 0 Å². The van der Waals surface area contributed by atoms with Gasteiger partial charge in [0.2, 0.25) is 15.9 Å². The average molecular weight is 578 g/mol. The minimum atomic E-state index is -4.41. The van der Waals surface area contributed by atoms with Crippen LogP contribution < -0.4 is 26.4 Å². The normalized spacial score (nSPS) is 14.5. The zero-order chi connectivity index (χ0) is 27.3. The summed E-state index contributed by atoms with van der Waals surface area (Å²) in [6.45, 7) is 0. The number of aromatic hydroxyl groups is 1. The zero-order valence-electron chi connectivity index (χ0n) is 18.2. The van der Waals surface area contributed by atoms with Crippen LogP contribution in [0.3, 0.4) is 0 Å². The van der Waals surface area contributed by atoms with Crippen LogP contribution in [0.25, 0.3) is 5.69 Å². The van der Waals surface area contributed by atoms with Crippen molar-refractivity contribution in [3.05, 3.63) is 66.9 Å². The Bertz CT molecular complexity index is 1630. The van der Waals surface area contributed by atoms with Crippen LogP contribution in [0.2, 0.25) is 10.0 Å². The van der Waals surface area contributed by atoms with Crippen molar-refractivity contribution in [2.75, 3.05) is 0 Å². The standard InChI is InChI=1S/C20H15Cl2F2N5O7S/c21-10-5-8(29-19(33)26-17(31)14(27-29)16(23)24)6-11(22)15(10)36-9-1-2-12(30)13(7-9)37(34,35)28-20(3-4-20)18(25)32/h1-2,5-7,16,28,30H,3-4H2,(H2,25,32)(H,26,31,33). The lowest BCUT2D eigenvalue weighted by molar-refractivity contribution is -0.120. The third-order valence-corrected chi connectivity index (χ3v) is 7.41. The highest BCUT2D eigenvalue weighted by atomic mass is 35.5. The number of carbonyl (C=O) groups excluding carboxylic acids is 1. The number of alkyl halides is 2. The van der Waals surface area contributed by atoms with Gasteiger partial charge >= 0.3 is 5.69 Å². The van der Waals surface area contributed by atoms with Crippen molar-refractivity contribution >= 4 is 39.1 Å². The number of aromatic amines is 1. The van der Waals surface area contributed by atoms with Gasteiger partial charge in [-0.2, -0.15) is 14.5 Å². The fourth-order valence-electron chi connectivity index (χ4n) is 3.22. The van der Waals surface area contributed by atoms with Gasteiger partial charge in [-0.3, -0.25) is 14.6 Å². The summed E-state index contributed by atoms with van der Waals surface area (Å²) in [5, 5.41) is 13.0. The lowest BCUT2D eigenvalue weighted by Crippen LogP contribution is -2.46. The molecule has 1 fully saturated rings. The van der Waals surface area contributed by atoms with Crippen molar-refractivity contribution in [1.82, 2.24) is 19.5 Å². The molecule has 1 heterocycles. The molecule has 3 aromatic rings. The van der Waals surface area contributed by atoms with E-state index in [1.54, 1.807) is 4.98 Å². The van der Waals surface area contributed by atoms with Crippen LogP contribution in [0.15, 0.2) is 44.8 Å². The van der Waals surface area contributed by atoms with Gasteiger partial charge in [0, 0.05) is 6.07 Å². The molecular weight excluding hydrogens is 563 g/mol. The first-order valence-corrected chi connectivity index (χ1v) is 12.3. The van der Waals surface area contributed by atoms with E-state index in [9.17, 15) is 36.7 Å². The summed E-state index contributed by atoms with van der Waals surface area (Å²) >= 11 is 12.4. The maximum absolute atomic E-state index is 13.0. The number of sulfonamides is 1. The quantitative estimate of drug-likeness (QED) is 0.312. The van der Waals surface area contributed by atoms with Crippen LogP contribution in [-0.2, 0) is 14.8 Å². The second-order valence-electron chi connectivity index (χ2n) is 7.88. The summed E-state index contributed by atoms with van der Waals surface area (Å²) in [7, 11) is -4.41. The molecule has 0 bridgehead atoms.